The average molecular weight is 303 g/mol. The number of carbonyl (C=O) groups is 2. The molecule has 0 aliphatic heterocycles. The van der Waals surface area contributed by atoms with Crippen molar-refractivity contribution in [2.45, 2.75) is 39.2 Å². The summed E-state index contributed by atoms with van der Waals surface area (Å²) in [6, 6.07) is 7.66. The van der Waals surface area contributed by atoms with E-state index in [0.29, 0.717) is 12.0 Å². The number of rotatable bonds is 2. The van der Waals surface area contributed by atoms with Crippen molar-refractivity contribution in [2.24, 2.45) is 5.92 Å². The number of nitrogens with one attached hydrogen (secondary N) is 1. The molecule has 1 atom stereocenters. The molecule has 1 aliphatic rings. The standard InChI is InChI=1S/C17H21NO4/c1-17(2,3)22-16(21)18-10-14-12-7-5-4-6-11(12)8-9-13(14)15(19)20/h4-7,10,13H,8-9H2,1-3H3,(H,18,21)(H,19,20)/b14-10+. The van der Waals surface area contributed by atoms with E-state index in [4.69, 9.17) is 4.74 Å². The number of aliphatic carboxylic acids is 1. The molecule has 1 unspecified atom stereocenters. The molecule has 0 aromatic heterocycles. The molecule has 1 aromatic carbocycles. The average Bonchev–Trinajstić information content (AvgIpc) is 2.42. The molecular weight excluding hydrogens is 282 g/mol. The van der Waals surface area contributed by atoms with Gasteiger partial charge < -0.3 is 9.84 Å². The predicted octanol–water partition coefficient (Wildman–Crippen LogP) is 3.20. The van der Waals surface area contributed by atoms with Crippen LogP contribution in [0.25, 0.3) is 5.57 Å². The summed E-state index contributed by atoms with van der Waals surface area (Å²) in [6.07, 6.45) is 2.11. The van der Waals surface area contributed by atoms with Gasteiger partial charge in [-0.05, 0) is 50.3 Å². The Morgan fingerprint density at radius 1 is 1.32 bits per heavy atom. The van der Waals surface area contributed by atoms with Gasteiger partial charge in [-0.25, -0.2) is 4.79 Å². The Morgan fingerprint density at radius 2 is 2.00 bits per heavy atom. The van der Waals surface area contributed by atoms with Crippen molar-refractivity contribution in [2.75, 3.05) is 0 Å². The molecule has 0 fully saturated rings. The van der Waals surface area contributed by atoms with Crippen LogP contribution in [0.15, 0.2) is 30.5 Å². The second kappa shape index (κ2) is 6.22. The summed E-state index contributed by atoms with van der Waals surface area (Å²) in [5.74, 6) is -1.50. The lowest BCUT2D eigenvalue weighted by Gasteiger charge is -2.25. The lowest BCUT2D eigenvalue weighted by Crippen LogP contribution is -2.31. The Labute approximate surface area is 130 Å². The normalized spacial score (nSPS) is 19.4. The van der Waals surface area contributed by atoms with Gasteiger partial charge in [0, 0.05) is 6.20 Å². The van der Waals surface area contributed by atoms with Crippen LogP contribution in [0.1, 0.15) is 38.3 Å². The first-order valence-corrected chi connectivity index (χ1v) is 7.28. The van der Waals surface area contributed by atoms with E-state index in [9.17, 15) is 14.7 Å². The van der Waals surface area contributed by atoms with Crippen LogP contribution in [0, 0.1) is 5.92 Å². The number of carboxylic acids is 1. The van der Waals surface area contributed by atoms with E-state index in [2.05, 4.69) is 5.32 Å². The van der Waals surface area contributed by atoms with Gasteiger partial charge >= 0.3 is 12.1 Å². The first kappa shape index (κ1) is 16.1. The van der Waals surface area contributed by atoms with E-state index < -0.39 is 23.6 Å². The van der Waals surface area contributed by atoms with Crippen molar-refractivity contribution in [3.8, 4) is 0 Å². The summed E-state index contributed by atoms with van der Waals surface area (Å²) in [6.45, 7) is 5.32. The number of fused-ring (bicyclic) bond motifs is 1. The summed E-state index contributed by atoms with van der Waals surface area (Å²) < 4.78 is 5.17. The molecule has 1 amide bonds. The molecule has 118 valence electrons. The van der Waals surface area contributed by atoms with Crippen LogP contribution >= 0.6 is 0 Å². The van der Waals surface area contributed by atoms with E-state index in [1.54, 1.807) is 20.8 Å². The lowest BCUT2D eigenvalue weighted by molar-refractivity contribution is -0.139. The zero-order valence-corrected chi connectivity index (χ0v) is 13.1. The Hall–Kier alpha value is -2.30. The van der Waals surface area contributed by atoms with Gasteiger partial charge in [0.2, 0.25) is 0 Å². The molecule has 0 spiro atoms. The summed E-state index contributed by atoms with van der Waals surface area (Å²) in [7, 11) is 0. The third-order valence-corrected chi connectivity index (χ3v) is 3.45. The zero-order chi connectivity index (χ0) is 16.3. The van der Waals surface area contributed by atoms with E-state index in [0.717, 1.165) is 17.5 Å². The first-order chi connectivity index (χ1) is 10.3. The van der Waals surface area contributed by atoms with E-state index in [1.165, 1.54) is 6.20 Å². The summed E-state index contributed by atoms with van der Waals surface area (Å²) in [5.41, 5.74) is 1.98. The summed E-state index contributed by atoms with van der Waals surface area (Å²) in [4.78, 5) is 23.2. The fourth-order valence-corrected chi connectivity index (χ4v) is 2.54. The third-order valence-electron chi connectivity index (χ3n) is 3.45. The van der Waals surface area contributed by atoms with Gasteiger partial charge in [-0.1, -0.05) is 24.3 Å². The Bertz CT molecular complexity index is 613. The van der Waals surface area contributed by atoms with Crippen molar-refractivity contribution in [3.05, 3.63) is 41.6 Å². The molecule has 0 bridgehead atoms. The second-order valence-electron chi connectivity index (χ2n) is 6.33. The quantitative estimate of drug-likeness (QED) is 0.879. The largest absolute Gasteiger partial charge is 0.481 e. The van der Waals surface area contributed by atoms with Crippen LogP contribution in [-0.4, -0.2) is 22.8 Å². The van der Waals surface area contributed by atoms with Crippen molar-refractivity contribution >= 4 is 17.6 Å². The number of carboxylic acid groups (broad SMARTS) is 1. The number of hydrogen-bond acceptors (Lipinski definition) is 3. The summed E-state index contributed by atoms with van der Waals surface area (Å²) >= 11 is 0. The zero-order valence-electron chi connectivity index (χ0n) is 13.1. The van der Waals surface area contributed by atoms with E-state index >= 15 is 0 Å². The minimum atomic E-state index is -0.883. The van der Waals surface area contributed by atoms with E-state index in [-0.39, 0.29) is 0 Å². The monoisotopic (exact) mass is 303 g/mol. The van der Waals surface area contributed by atoms with Crippen LogP contribution < -0.4 is 5.32 Å². The van der Waals surface area contributed by atoms with Gasteiger partial charge in [-0.3, -0.25) is 10.1 Å². The van der Waals surface area contributed by atoms with Gasteiger partial charge in [-0.15, -0.1) is 0 Å². The number of alkyl carbamates (subject to hydrolysis) is 1. The van der Waals surface area contributed by atoms with Gasteiger partial charge in [0.15, 0.2) is 0 Å². The van der Waals surface area contributed by atoms with Crippen molar-refractivity contribution in [1.82, 2.24) is 5.32 Å². The van der Waals surface area contributed by atoms with Crippen molar-refractivity contribution in [1.29, 1.82) is 0 Å². The summed E-state index contributed by atoms with van der Waals surface area (Å²) in [5, 5.41) is 11.9. The minimum absolute atomic E-state index is 0.522. The maximum atomic E-state index is 11.8. The molecule has 0 saturated carbocycles. The van der Waals surface area contributed by atoms with Gasteiger partial charge in [0.25, 0.3) is 0 Å². The topological polar surface area (TPSA) is 75.6 Å². The van der Waals surface area contributed by atoms with Crippen molar-refractivity contribution < 1.29 is 19.4 Å². The second-order valence-corrected chi connectivity index (χ2v) is 6.33. The SMILES string of the molecule is CC(C)(C)OC(=O)N/C=C1\c2ccccc2CCC1C(=O)O. The highest BCUT2D eigenvalue weighted by Crippen LogP contribution is 2.35. The molecule has 2 N–H and O–H groups in total. The first-order valence-electron chi connectivity index (χ1n) is 7.28. The fraction of sp³-hybridized carbons (Fsp3) is 0.412. The maximum absolute atomic E-state index is 11.8. The number of hydrogen-bond donors (Lipinski definition) is 2. The van der Waals surface area contributed by atoms with Crippen LogP contribution in [-0.2, 0) is 16.0 Å². The van der Waals surface area contributed by atoms with E-state index in [1.807, 2.05) is 24.3 Å². The maximum Gasteiger partial charge on any atom is 0.411 e. The molecule has 1 aromatic rings. The molecule has 2 rings (SSSR count). The Morgan fingerprint density at radius 3 is 2.64 bits per heavy atom. The fourth-order valence-electron chi connectivity index (χ4n) is 2.54. The highest BCUT2D eigenvalue weighted by molar-refractivity contribution is 5.90. The minimum Gasteiger partial charge on any atom is -0.481 e. The van der Waals surface area contributed by atoms with Crippen LogP contribution in [0.2, 0.25) is 0 Å². The molecule has 5 heteroatoms. The molecular formula is C17H21NO4. The molecule has 0 heterocycles. The number of benzene rings is 1. The number of ether oxygens (including phenoxy) is 1. The Balaban J connectivity index is 2.26. The molecule has 0 saturated heterocycles. The highest BCUT2D eigenvalue weighted by Gasteiger charge is 2.29. The molecule has 22 heavy (non-hydrogen) atoms. The van der Waals surface area contributed by atoms with Gasteiger partial charge in [-0.2, -0.15) is 0 Å². The smallest absolute Gasteiger partial charge is 0.411 e. The molecule has 5 nitrogen and oxygen atoms in total. The third kappa shape index (κ3) is 3.87. The number of aryl methyl sites for hydroxylation is 1. The number of amides is 1. The van der Waals surface area contributed by atoms with Gasteiger partial charge in [0.05, 0.1) is 5.92 Å². The van der Waals surface area contributed by atoms with Crippen LogP contribution in [0.5, 0.6) is 0 Å². The predicted molar refractivity (Wildman–Crippen MR) is 83.2 cm³/mol. The Kier molecular flexibility index (Phi) is 4.54. The molecule has 0 radical (unpaired) electrons. The van der Waals surface area contributed by atoms with Crippen molar-refractivity contribution in [3.63, 3.8) is 0 Å². The highest BCUT2D eigenvalue weighted by atomic mass is 16.6. The lowest BCUT2D eigenvalue weighted by atomic mass is 9.80. The number of carbonyl (C=O) groups excluding carboxylic acids is 1. The van der Waals surface area contributed by atoms with Gasteiger partial charge in [0.1, 0.15) is 5.60 Å². The van der Waals surface area contributed by atoms with Crippen LogP contribution in [0.3, 0.4) is 0 Å². The molecule has 1 aliphatic carbocycles. The van der Waals surface area contributed by atoms with Crippen LogP contribution in [0.4, 0.5) is 4.79 Å².